The quantitative estimate of drug-likeness (QED) is 0.637. The first kappa shape index (κ1) is 13.5. The van der Waals surface area contributed by atoms with Gasteiger partial charge in [-0.25, -0.2) is 4.39 Å². The van der Waals surface area contributed by atoms with Gasteiger partial charge in [0.2, 0.25) is 0 Å². The highest BCUT2D eigenvalue weighted by molar-refractivity contribution is 7.98. The number of halogens is 3. The van der Waals surface area contributed by atoms with Gasteiger partial charge in [0.15, 0.2) is 0 Å². The Balaban J connectivity index is 2.16. The minimum Gasteiger partial charge on any atom is -0.398 e. The molecule has 2 aromatic carbocycles. The molecule has 0 aliphatic rings. The largest absolute Gasteiger partial charge is 0.398 e. The van der Waals surface area contributed by atoms with Crippen LogP contribution in [0.15, 0.2) is 41.3 Å². The highest BCUT2D eigenvalue weighted by atomic mass is 35.5. The van der Waals surface area contributed by atoms with Crippen molar-refractivity contribution in [2.75, 3.05) is 5.73 Å². The van der Waals surface area contributed by atoms with Crippen LogP contribution in [-0.2, 0) is 5.75 Å². The fourth-order valence-electron chi connectivity index (χ4n) is 1.45. The van der Waals surface area contributed by atoms with E-state index in [4.69, 9.17) is 28.9 Å². The summed E-state index contributed by atoms with van der Waals surface area (Å²) in [6.07, 6.45) is 0. The lowest BCUT2D eigenvalue weighted by molar-refractivity contribution is 0.618. The van der Waals surface area contributed by atoms with E-state index < -0.39 is 0 Å². The van der Waals surface area contributed by atoms with Crippen molar-refractivity contribution in [1.82, 2.24) is 0 Å². The molecule has 0 saturated heterocycles. The van der Waals surface area contributed by atoms with Crippen molar-refractivity contribution in [2.45, 2.75) is 10.6 Å². The number of anilines is 1. The number of benzene rings is 2. The van der Waals surface area contributed by atoms with Crippen LogP contribution < -0.4 is 5.73 Å². The SMILES string of the molecule is Nc1ccc(Cl)cc1SCc1cccc(Cl)c1F. The van der Waals surface area contributed by atoms with Gasteiger partial charge in [-0.1, -0.05) is 35.3 Å². The van der Waals surface area contributed by atoms with Gasteiger partial charge >= 0.3 is 0 Å². The van der Waals surface area contributed by atoms with Crippen molar-refractivity contribution in [3.8, 4) is 0 Å². The molecule has 2 N–H and O–H groups in total. The van der Waals surface area contributed by atoms with Gasteiger partial charge in [-0.15, -0.1) is 11.8 Å². The first-order valence-corrected chi connectivity index (χ1v) is 6.93. The van der Waals surface area contributed by atoms with E-state index in [1.807, 2.05) is 0 Å². The molecule has 2 rings (SSSR count). The summed E-state index contributed by atoms with van der Waals surface area (Å²) < 4.78 is 13.7. The normalized spacial score (nSPS) is 10.6. The average molecular weight is 302 g/mol. The zero-order valence-corrected chi connectivity index (χ0v) is 11.6. The monoisotopic (exact) mass is 301 g/mol. The third-order valence-electron chi connectivity index (χ3n) is 2.39. The molecule has 0 aliphatic carbocycles. The Morgan fingerprint density at radius 1 is 1.17 bits per heavy atom. The maximum atomic E-state index is 13.7. The molecule has 0 aromatic heterocycles. The summed E-state index contributed by atoms with van der Waals surface area (Å²) in [5.41, 5.74) is 7.00. The van der Waals surface area contributed by atoms with Crippen molar-refractivity contribution in [3.05, 3.63) is 57.8 Å². The second-order valence-electron chi connectivity index (χ2n) is 3.68. The molecule has 0 atom stereocenters. The number of hydrogen-bond acceptors (Lipinski definition) is 2. The molecular weight excluding hydrogens is 292 g/mol. The molecule has 0 spiro atoms. The van der Waals surface area contributed by atoms with Gasteiger partial charge in [-0.05, 0) is 29.8 Å². The first-order chi connectivity index (χ1) is 8.58. The van der Waals surface area contributed by atoms with Gasteiger partial charge in [0, 0.05) is 21.4 Å². The van der Waals surface area contributed by atoms with Crippen LogP contribution in [0.4, 0.5) is 10.1 Å². The van der Waals surface area contributed by atoms with Crippen molar-refractivity contribution in [3.63, 3.8) is 0 Å². The second kappa shape index (κ2) is 5.83. The molecule has 0 heterocycles. The number of thioether (sulfide) groups is 1. The van der Waals surface area contributed by atoms with E-state index >= 15 is 0 Å². The lowest BCUT2D eigenvalue weighted by atomic mass is 10.2. The van der Waals surface area contributed by atoms with E-state index in [0.29, 0.717) is 22.0 Å². The van der Waals surface area contributed by atoms with E-state index in [1.165, 1.54) is 17.8 Å². The Morgan fingerprint density at radius 3 is 2.72 bits per heavy atom. The fraction of sp³-hybridized carbons (Fsp3) is 0.0769. The van der Waals surface area contributed by atoms with Crippen LogP contribution in [0.5, 0.6) is 0 Å². The molecule has 94 valence electrons. The minimum absolute atomic E-state index is 0.132. The maximum Gasteiger partial charge on any atom is 0.145 e. The van der Waals surface area contributed by atoms with Crippen molar-refractivity contribution in [2.24, 2.45) is 0 Å². The lowest BCUT2D eigenvalue weighted by Gasteiger charge is -2.07. The molecule has 0 amide bonds. The van der Waals surface area contributed by atoms with E-state index in [-0.39, 0.29) is 10.8 Å². The van der Waals surface area contributed by atoms with Crippen LogP contribution in [0.1, 0.15) is 5.56 Å². The Morgan fingerprint density at radius 2 is 1.94 bits per heavy atom. The van der Waals surface area contributed by atoms with Crippen molar-refractivity contribution < 1.29 is 4.39 Å². The summed E-state index contributed by atoms with van der Waals surface area (Å²) in [5.74, 6) is 0.0731. The molecule has 5 heteroatoms. The van der Waals surface area contributed by atoms with E-state index in [2.05, 4.69) is 0 Å². The third kappa shape index (κ3) is 3.10. The average Bonchev–Trinajstić information content (AvgIpc) is 2.35. The molecular formula is C13H10Cl2FNS. The molecule has 0 fully saturated rings. The predicted octanol–water partition coefficient (Wildman–Crippen LogP) is 5.01. The summed E-state index contributed by atoms with van der Waals surface area (Å²) in [6.45, 7) is 0. The van der Waals surface area contributed by atoms with Gasteiger partial charge in [-0.2, -0.15) is 0 Å². The third-order valence-corrected chi connectivity index (χ3v) is 4.04. The molecule has 0 unspecified atom stereocenters. The second-order valence-corrected chi connectivity index (χ2v) is 5.54. The molecule has 2 aromatic rings. The van der Waals surface area contributed by atoms with Crippen LogP contribution in [0.2, 0.25) is 10.0 Å². The van der Waals surface area contributed by atoms with Crippen LogP contribution in [0.25, 0.3) is 0 Å². The van der Waals surface area contributed by atoms with Gasteiger partial charge in [0.05, 0.1) is 5.02 Å². The Bertz CT molecular complexity index is 573. The molecule has 0 saturated carbocycles. The summed E-state index contributed by atoms with van der Waals surface area (Å²) in [4.78, 5) is 0.835. The predicted molar refractivity (Wildman–Crippen MR) is 76.8 cm³/mol. The Labute approximate surface area is 119 Å². The van der Waals surface area contributed by atoms with E-state index in [1.54, 1.807) is 30.3 Å². The standard InChI is InChI=1S/C13H10Cl2FNS/c14-9-4-5-11(17)12(6-9)18-7-8-2-1-3-10(15)13(8)16/h1-6H,7,17H2. The van der Waals surface area contributed by atoms with Crippen molar-refractivity contribution in [1.29, 1.82) is 0 Å². The Hall–Kier alpha value is -0.900. The number of nitrogens with two attached hydrogens (primary N) is 1. The number of hydrogen-bond donors (Lipinski definition) is 1. The van der Waals surface area contributed by atoms with Gasteiger partial charge < -0.3 is 5.73 Å². The molecule has 0 bridgehead atoms. The first-order valence-electron chi connectivity index (χ1n) is 5.18. The van der Waals surface area contributed by atoms with Gasteiger partial charge in [0.1, 0.15) is 5.82 Å². The summed E-state index contributed by atoms with van der Waals surface area (Å²) in [7, 11) is 0. The Kier molecular flexibility index (Phi) is 4.38. The van der Waals surface area contributed by atoms with Crippen LogP contribution in [-0.4, -0.2) is 0 Å². The smallest absolute Gasteiger partial charge is 0.145 e. The summed E-state index contributed by atoms with van der Waals surface area (Å²) >= 11 is 13.0. The zero-order valence-electron chi connectivity index (χ0n) is 9.29. The fourth-order valence-corrected chi connectivity index (χ4v) is 2.86. The van der Waals surface area contributed by atoms with E-state index in [9.17, 15) is 4.39 Å². The number of rotatable bonds is 3. The highest BCUT2D eigenvalue weighted by Crippen LogP contribution is 2.32. The molecule has 0 radical (unpaired) electrons. The zero-order chi connectivity index (χ0) is 13.1. The van der Waals surface area contributed by atoms with Crippen molar-refractivity contribution >= 4 is 40.7 Å². The lowest BCUT2D eigenvalue weighted by Crippen LogP contribution is -1.91. The van der Waals surface area contributed by atoms with Crippen LogP contribution in [0.3, 0.4) is 0 Å². The topological polar surface area (TPSA) is 26.0 Å². The molecule has 0 aliphatic heterocycles. The van der Waals surface area contributed by atoms with Gasteiger partial charge in [-0.3, -0.25) is 0 Å². The van der Waals surface area contributed by atoms with Crippen LogP contribution >= 0.6 is 35.0 Å². The van der Waals surface area contributed by atoms with E-state index in [0.717, 1.165) is 4.90 Å². The maximum absolute atomic E-state index is 13.7. The van der Waals surface area contributed by atoms with Gasteiger partial charge in [0.25, 0.3) is 0 Å². The van der Waals surface area contributed by atoms with Crippen LogP contribution in [0, 0.1) is 5.82 Å². The molecule has 1 nitrogen and oxygen atoms in total. The highest BCUT2D eigenvalue weighted by Gasteiger charge is 2.08. The molecule has 18 heavy (non-hydrogen) atoms. The number of nitrogen functional groups attached to an aromatic ring is 1. The summed E-state index contributed by atoms with van der Waals surface area (Å²) in [6, 6.07) is 10.2. The summed E-state index contributed by atoms with van der Waals surface area (Å²) in [5, 5.41) is 0.741. The minimum atomic E-state index is -0.382.